The van der Waals surface area contributed by atoms with Crippen LogP contribution >= 0.6 is 27.3 Å². The molecule has 1 N–H and O–H groups in total. The van der Waals surface area contributed by atoms with Crippen LogP contribution in [0.4, 0.5) is 8.78 Å². The normalized spacial score (nSPS) is 10.5. The largest absolute Gasteiger partial charge is 0.503 e. The van der Waals surface area contributed by atoms with Gasteiger partial charge in [0.1, 0.15) is 0 Å². The van der Waals surface area contributed by atoms with Crippen LogP contribution in [0.1, 0.15) is 15.2 Å². The van der Waals surface area contributed by atoms with Gasteiger partial charge in [-0.15, -0.1) is 11.3 Å². The Balaban J connectivity index is 2.48. The van der Waals surface area contributed by atoms with Gasteiger partial charge in [-0.3, -0.25) is 4.79 Å². The average Bonchev–Trinajstić information content (AvgIpc) is 2.72. The minimum absolute atomic E-state index is 0.307. The second-order valence-corrected chi connectivity index (χ2v) is 5.65. The number of carbonyl (C=O) groups is 1. The summed E-state index contributed by atoms with van der Waals surface area (Å²) in [6, 6.07) is 5.05. The van der Waals surface area contributed by atoms with Crippen molar-refractivity contribution in [2.45, 2.75) is 0 Å². The molecule has 0 saturated carbocycles. The highest BCUT2D eigenvalue weighted by Crippen LogP contribution is 2.28. The number of rotatable bonds is 2. The van der Waals surface area contributed by atoms with E-state index in [0.29, 0.717) is 4.88 Å². The zero-order chi connectivity index (χ0) is 12.6. The quantitative estimate of drug-likeness (QED) is 0.857. The number of phenols is 1. The third-order valence-electron chi connectivity index (χ3n) is 2.11. The van der Waals surface area contributed by atoms with Crippen LogP contribution in [0.15, 0.2) is 28.1 Å². The van der Waals surface area contributed by atoms with E-state index in [9.17, 15) is 13.6 Å². The Morgan fingerprint density at radius 1 is 1.24 bits per heavy atom. The minimum Gasteiger partial charge on any atom is -0.503 e. The van der Waals surface area contributed by atoms with Crippen LogP contribution in [0.25, 0.3) is 0 Å². The molecular formula is C11H5BrF2O2S. The zero-order valence-corrected chi connectivity index (χ0v) is 10.6. The van der Waals surface area contributed by atoms with Crippen molar-refractivity contribution in [2.24, 2.45) is 0 Å². The molecule has 0 unspecified atom stereocenters. The van der Waals surface area contributed by atoms with Crippen molar-refractivity contribution < 1.29 is 18.7 Å². The standard InChI is InChI=1S/C11H5BrF2O2S/c12-8-4-3-7(17-8)10(15)5-1-2-6(13)11(16)9(5)14/h1-4,16H. The molecule has 1 aromatic heterocycles. The fourth-order valence-corrected chi connectivity index (χ4v) is 2.63. The lowest BCUT2D eigenvalue weighted by Gasteiger charge is -2.03. The smallest absolute Gasteiger partial charge is 0.206 e. The first kappa shape index (κ1) is 12.2. The summed E-state index contributed by atoms with van der Waals surface area (Å²) < 4.78 is 27.0. The van der Waals surface area contributed by atoms with Gasteiger partial charge < -0.3 is 5.11 Å². The Labute approximate surface area is 108 Å². The molecule has 0 fully saturated rings. The second kappa shape index (κ2) is 4.54. The van der Waals surface area contributed by atoms with Crippen LogP contribution < -0.4 is 0 Å². The SMILES string of the molecule is O=C(c1ccc(Br)s1)c1ccc(F)c(O)c1F. The van der Waals surface area contributed by atoms with Crippen LogP contribution in [0.3, 0.4) is 0 Å². The van der Waals surface area contributed by atoms with Crippen molar-refractivity contribution in [3.05, 3.63) is 50.1 Å². The molecule has 0 aliphatic rings. The number of halogens is 3. The second-order valence-electron chi connectivity index (χ2n) is 3.19. The highest BCUT2D eigenvalue weighted by molar-refractivity contribution is 9.11. The summed E-state index contributed by atoms with van der Waals surface area (Å²) in [7, 11) is 0. The van der Waals surface area contributed by atoms with Gasteiger partial charge in [-0.2, -0.15) is 0 Å². The summed E-state index contributed by atoms with van der Waals surface area (Å²) in [6.45, 7) is 0. The lowest BCUT2D eigenvalue weighted by Crippen LogP contribution is -2.03. The lowest BCUT2D eigenvalue weighted by molar-refractivity contribution is 0.103. The number of thiophene rings is 1. The number of hydrogen-bond acceptors (Lipinski definition) is 3. The van der Waals surface area contributed by atoms with Crippen molar-refractivity contribution >= 4 is 33.0 Å². The van der Waals surface area contributed by atoms with Gasteiger partial charge >= 0.3 is 0 Å². The summed E-state index contributed by atoms with van der Waals surface area (Å²) in [6.07, 6.45) is 0. The van der Waals surface area contributed by atoms with E-state index in [0.717, 1.165) is 27.3 Å². The van der Waals surface area contributed by atoms with Gasteiger partial charge in [0.15, 0.2) is 17.4 Å². The van der Waals surface area contributed by atoms with Crippen LogP contribution in [0, 0.1) is 11.6 Å². The molecule has 0 aliphatic carbocycles. The van der Waals surface area contributed by atoms with Crippen molar-refractivity contribution in [3.8, 4) is 5.75 Å². The Bertz CT molecular complexity index is 595. The molecule has 17 heavy (non-hydrogen) atoms. The third-order valence-corrected chi connectivity index (χ3v) is 3.73. The average molecular weight is 319 g/mol. The molecule has 1 heterocycles. The van der Waals surface area contributed by atoms with E-state index in [1.54, 1.807) is 6.07 Å². The topological polar surface area (TPSA) is 37.3 Å². The van der Waals surface area contributed by atoms with E-state index in [4.69, 9.17) is 5.11 Å². The van der Waals surface area contributed by atoms with Gasteiger partial charge in [-0.05, 0) is 40.2 Å². The zero-order valence-electron chi connectivity index (χ0n) is 8.21. The Hall–Kier alpha value is -1.27. The molecule has 88 valence electrons. The first-order valence-corrected chi connectivity index (χ1v) is 6.08. The van der Waals surface area contributed by atoms with Gasteiger partial charge in [0, 0.05) is 0 Å². The van der Waals surface area contributed by atoms with E-state index in [1.807, 2.05) is 0 Å². The number of benzene rings is 1. The van der Waals surface area contributed by atoms with E-state index in [1.165, 1.54) is 6.07 Å². The highest BCUT2D eigenvalue weighted by atomic mass is 79.9. The molecule has 2 rings (SSSR count). The predicted molar refractivity (Wildman–Crippen MR) is 63.5 cm³/mol. The molecule has 2 nitrogen and oxygen atoms in total. The number of hydrogen-bond donors (Lipinski definition) is 1. The monoisotopic (exact) mass is 318 g/mol. The van der Waals surface area contributed by atoms with Crippen LogP contribution in [0.2, 0.25) is 0 Å². The summed E-state index contributed by atoms with van der Waals surface area (Å²) >= 11 is 4.32. The summed E-state index contributed by atoms with van der Waals surface area (Å²) in [5.74, 6) is -4.05. The van der Waals surface area contributed by atoms with E-state index < -0.39 is 23.2 Å². The van der Waals surface area contributed by atoms with E-state index in [2.05, 4.69) is 15.9 Å². The molecule has 0 atom stereocenters. The molecule has 0 aliphatic heterocycles. The fourth-order valence-electron chi connectivity index (χ4n) is 1.29. The summed E-state index contributed by atoms with van der Waals surface area (Å²) in [5.41, 5.74) is -0.349. The number of phenolic OH excluding ortho intramolecular Hbond substituents is 1. The Morgan fingerprint density at radius 2 is 1.94 bits per heavy atom. The van der Waals surface area contributed by atoms with Crippen molar-refractivity contribution in [3.63, 3.8) is 0 Å². The summed E-state index contributed by atoms with van der Waals surface area (Å²) in [4.78, 5) is 12.2. The van der Waals surface area contributed by atoms with Crippen LogP contribution in [0.5, 0.6) is 5.75 Å². The van der Waals surface area contributed by atoms with Crippen molar-refractivity contribution in [1.29, 1.82) is 0 Å². The van der Waals surface area contributed by atoms with Gasteiger partial charge in [0.2, 0.25) is 5.78 Å². The molecular weight excluding hydrogens is 314 g/mol. The highest BCUT2D eigenvalue weighted by Gasteiger charge is 2.20. The number of ketones is 1. The predicted octanol–water partition coefficient (Wildman–Crippen LogP) is 3.73. The molecule has 6 heteroatoms. The maximum atomic E-state index is 13.5. The van der Waals surface area contributed by atoms with Crippen molar-refractivity contribution in [2.75, 3.05) is 0 Å². The van der Waals surface area contributed by atoms with E-state index >= 15 is 0 Å². The number of aromatic hydroxyl groups is 1. The van der Waals surface area contributed by atoms with Gasteiger partial charge in [-0.1, -0.05) is 0 Å². The number of carbonyl (C=O) groups excluding carboxylic acids is 1. The minimum atomic E-state index is -1.24. The lowest BCUT2D eigenvalue weighted by atomic mass is 10.1. The van der Waals surface area contributed by atoms with Gasteiger partial charge in [0.25, 0.3) is 0 Å². The molecule has 0 radical (unpaired) electrons. The van der Waals surface area contributed by atoms with Crippen molar-refractivity contribution in [1.82, 2.24) is 0 Å². The molecule has 0 spiro atoms. The molecule has 0 saturated heterocycles. The van der Waals surface area contributed by atoms with Gasteiger partial charge in [0.05, 0.1) is 14.2 Å². The van der Waals surface area contributed by atoms with E-state index in [-0.39, 0.29) is 5.56 Å². The Morgan fingerprint density at radius 3 is 2.53 bits per heavy atom. The van der Waals surface area contributed by atoms with Crippen LogP contribution in [-0.4, -0.2) is 10.9 Å². The maximum Gasteiger partial charge on any atom is 0.206 e. The van der Waals surface area contributed by atoms with Crippen LogP contribution in [-0.2, 0) is 0 Å². The Kier molecular flexibility index (Phi) is 3.26. The molecule has 1 aromatic carbocycles. The molecule has 0 amide bonds. The molecule has 2 aromatic rings. The first-order valence-electron chi connectivity index (χ1n) is 4.47. The fraction of sp³-hybridized carbons (Fsp3) is 0. The van der Waals surface area contributed by atoms with Gasteiger partial charge in [-0.25, -0.2) is 8.78 Å². The third kappa shape index (κ3) is 2.23. The summed E-state index contributed by atoms with van der Waals surface area (Å²) in [5, 5.41) is 9.08. The molecule has 0 bridgehead atoms. The first-order chi connectivity index (χ1) is 8.00. The maximum absolute atomic E-state index is 13.5.